The fraction of sp³-hybridized carbons (Fsp3) is 0.188. The van der Waals surface area contributed by atoms with E-state index >= 15 is 0 Å². The van der Waals surface area contributed by atoms with E-state index in [4.69, 9.17) is 4.52 Å². The molecule has 0 saturated carbocycles. The van der Waals surface area contributed by atoms with Gasteiger partial charge in [-0.25, -0.2) is 4.98 Å². The van der Waals surface area contributed by atoms with Crippen molar-refractivity contribution in [1.29, 1.82) is 0 Å². The highest BCUT2D eigenvalue weighted by molar-refractivity contribution is 5.93. The quantitative estimate of drug-likeness (QED) is 0.782. The number of rotatable bonds is 4. The van der Waals surface area contributed by atoms with E-state index in [1.807, 2.05) is 0 Å². The number of H-pyrrole nitrogens is 1. The summed E-state index contributed by atoms with van der Waals surface area (Å²) < 4.78 is 4.78. The molecule has 0 aliphatic carbocycles. The number of carbonyl (C=O) groups excluding carboxylic acids is 1. The fourth-order valence-corrected chi connectivity index (χ4v) is 2.18. The van der Waals surface area contributed by atoms with Crippen LogP contribution in [0.25, 0.3) is 11.5 Å². The monoisotopic (exact) mass is 325 g/mol. The zero-order valence-electron chi connectivity index (χ0n) is 13.1. The van der Waals surface area contributed by atoms with Gasteiger partial charge in [-0.2, -0.15) is 0 Å². The first-order chi connectivity index (χ1) is 11.6. The van der Waals surface area contributed by atoms with Crippen molar-refractivity contribution in [2.75, 3.05) is 7.05 Å². The van der Waals surface area contributed by atoms with Crippen LogP contribution in [0.5, 0.6) is 0 Å². The average Bonchev–Trinajstić information content (AvgIpc) is 3.15. The Hall–Kier alpha value is -3.29. The van der Waals surface area contributed by atoms with Crippen molar-refractivity contribution >= 4 is 5.91 Å². The van der Waals surface area contributed by atoms with Crippen LogP contribution in [-0.2, 0) is 0 Å². The van der Waals surface area contributed by atoms with Gasteiger partial charge in [0.25, 0.3) is 11.5 Å². The van der Waals surface area contributed by atoms with Crippen LogP contribution < -0.4 is 5.56 Å². The number of aromatic amines is 1. The van der Waals surface area contributed by atoms with Crippen LogP contribution in [0.1, 0.15) is 29.0 Å². The number of amides is 1. The molecule has 1 amide bonds. The van der Waals surface area contributed by atoms with Crippen molar-refractivity contribution in [3.8, 4) is 11.5 Å². The molecule has 3 heterocycles. The molecule has 0 aliphatic heterocycles. The maximum absolute atomic E-state index is 12.5. The molecule has 0 unspecified atom stereocenters. The molecule has 122 valence electrons. The molecular formula is C16H15N5O3. The smallest absolute Gasteiger partial charge is 0.264 e. The molecule has 3 aromatic heterocycles. The number of aromatic nitrogens is 4. The van der Waals surface area contributed by atoms with Gasteiger partial charge in [0, 0.05) is 25.5 Å². The zero-order valence-corrected chi connectivity index (χ0v) is 13.1. The number of nitrogens with one attached hydrogen (secondary N) is 1. The lowest BCUT2D eigenvalue weighted by atomic mass is 10.2. The van der Waals surface area contributed by atoms with Crippen molar-refractivity contribution in [3.63, 3.8) is 0 Å². The lowest BCUT2D eigenvalue weighted by Gasteiger charge is -2.22. The molecule has 0 saturated heterocycles. The summed E-state index contributed by atoms with van der Waals surface area (Å²) in [6.45, 7) is 1.79. The van der Waals surface area contributed by atoms with Crippen molar-refractivity contribution in [3.05, 3.63) is 64.5 Å². The number of carbonyl (C=O) groups is 1. The molecule has 0 aromatic carbocycles. The van der Waals surface area contributed by atoms with E-state index in [-0.39, 0.29) is 11.6 Å². The molecule has 0 spiro atoms. The topological polar surface area (TPSA) is 105 Å². The highest BCUT2D eigenvalue weighted by Gasteiger charge is 2.23. The summed E-state index contributed by atoms with van der Waals surface area (Å²) in [5, 5.41) is 3.81. The van der Waals surface area contributed by atoms with E-state index in [9.17, 15) is 9.59 Å². The van der Waals surface area contributed by atoms with Gasteiger partial charge in [-0.05, 0) is 19.1 Å². The summed E-state index contributed by atoms with van der Waals surface area (Å²) >= 11 is 0. The Balaban J connectivity index is 1.87. The molecule has 1 atom stereocenters. The molecule has 0 aliphatic rings. The fourth-order valence-electron chi connectivity index (χ4n) is 2.18. The summed E-state index contributed by atoms with van der Waals surface area (Å²) in [4.78, 5) is 37.1. The van der Waals surface area contributed by atoms with Crippen LogP contribution in [0.2, 0.25) is 0 Å². The SMILES string of the molecule is C[C@H](c1ccon1)N(C)C(=O)c1cnc(-c2ccccn2)[nH]c1=O. The first-order valence-electron chi connectivity index (χ1n) is 7.26. The number of hydrogen-bond donors (Lipinski definition) is 1. The molecule has 24 heavy (non-hydrogen) atoms. The molecular weight excluding hydrogens is 310 g/mol. The van der Waals surface area contributed by atoms with Gasteiger partial charge >= 0.3 is 0 Å². The van der Waals surface area contributed by atoms with Gasteiger partial charge in [-0.3, -0.25) is 14.6 Å². The Morgan fingerprint density at radius 2 is 2.12 bits per heavy atom. The molecule has 0 radical (unpaired) electrons. The first kappa shape index (κ1) is 15.6. The minimum Gasteiger partial charge on any atom is -0.364 e. The van der Waals surface area contributed by atoms with E-state index in [1.54, 1.807) is 44.4 Å². The molecule has 3 rings (SSSR count). The normalized spacial score (nSPS) is 11.9. The predicted molar refractivity (Wildman–Crippen MR) is 85.1 cm³/mol. The van der Waals surface area contributed by atoms with Crippen LogP contribution in [0.3, 0.4) is 0 Å². The highest BCUT2D eigenvalue weighted by atomic mass is 16.5. The average molecular weight is 325 g/mol. The zero-order chi connectivity index (χ0) is 17.1. The summed E-state index contributed by atoms with van der Waals surface area (Å²) in [5.74, 6) is -0.142. The van der Waals surface area contributed by atoms with Gasteiger partial charge < -0.3 is 14.4 Å². The predicted octanol–water partition coefficient (Wildman–Crippen LogP) is 1.65. The van der Waals surface area contributed by atoms with Crippen molar-refractivity contribution < 1.29 is 9.32 Å². The van der Waals surface area contributed by atoms with E-state index < -0.39 is 11.5 Å². The minimum absolute atomic E-state index is 0.0486. The van der Waals surface area contributed by atoms with Crippen molar-refractivity contribution in [2.45, 2.75) is 13.0 Å². The van der Waals surface area contributed by atoms with E-state index in [2.05, 4.69) is 20.1 Å². The molecule has 8 nitrogen and oxygen atoms in total. The number of hydrogen-bond acceptors (Lipinski definition) is 6. The van der Waals surface area contributed by atoms with Crippen LogP contribution >= 0.6 is 0 Å². The summed E-state index contributed by atoms with van der Waals surface area (Å²) in [7, 11) is 1.59. The van der Waals surface area contributed by atoms with Crippen molar-refractivity contribution in [1.82, 2.24) is 25.0 Å². The van der Waals surface area contributed by atoms with E-state index in [0.29, 0.717) is 17.2 Å². The molecule has 1 N–H and O–H groups in total. The summed E-state index contributed by atoms with van der Waals surface area (Å²) in [5.41, 5.74) is 0.556. The Morgan fingerprint density at radius 1 is 1.29 bits per heavy atom. The molecule has 0 fully saturated rings. The van der Waals surface area contributed by atoms with Gasteiger partial charge in [0.1, 0.15) is 23.2 Å². The van der Waals surface area contributed by atoms with Crippen molar-refractivity contribution in [2.24, 2.45) is 0 Å². The Bertz CT molecular complexity index is 890. The van der Waals surface area contributed by atoms with Crippen LogP contribution in [0.4, 0.5) is 0 Å². The number of nitrogens with zero attached hydrogens (tertiary/aromatic N) is 4. The number of pyridine rings is 1. The lowest BCUT2D eigenvalue weighted by Crippen LogP contribution is -2.34. The second-order valence-corrected chi connectivity index (χ2v) is 5.21. The Morgan fingerprint density at radius 3 is 2.75 bits per heavy atom. The van der Waals surface area contributed by atoms with Crippen LogP contribution in [-0.4, -0.2) is 38.0 Å². The second kappa shape index (κ2) is 6.45. The van der Waals surface area contributed by atoms with Gasteiger partial charge in [-0.15, -0.1) is 0 Å². The van der Waals surface area contributed by atoms with E-state index in [1.165, 1.54) is 17.4 Å². The molecule has 3 aromatic rings. The third kappa shape index (κ3) is 2.94. The second-order valence-electron chi connectivity index (χ2n) is 5.21. The maximum atomic E-state index is 12.5. The van der Waals surface area contributed by atoms with Gasteiger partial charge in [-0.1, -0.05) is 11.2 Å². The first-order valence-corrected chi connectivity index (χ1v) is 7.26. The standard InChI is InChI=1S/C16H15N5O3/c1-10(12-6-8-24-20-12)21(2)16(23)11-9-18-14(19-15(11)22)13-5-3-4-7-17-13/h3-10H,1-2H3,(H,18,19,22)/t10-/m1/s1. The van der Waals surface area contributed by atoms with Gasteiger partial charge in [0.05, 0.1) is 6.04 Å². The van der Waals surface area contributed by atoms with Gasteiger partial charge in [0.2, 0.25) is 0 Å². The highest BCUT2D eigenvalue weighted by Crippen LogP contribution is 2.18. The Labute approximate surface area is 137 Å². The van der Waals surface area contributed by atoms with E-state index in [0.717, 1.165) is 0 Å². The minimum atomic E-state index is -0.519. The maximum Gasteiger partial charge on any atom is 0.264 e. The van der Waals surface area contributed by atoms with Gasteiger partial charge in [0.15, 0.2) is 5.82 Å². The van der Waals surface area contributed by atoms with Crippen LogP contribution in [0, 0.1) is 0 Å². The molecule has 8 heteroatoms. The third-order valence-corrected chi connectivity index (χ3v) is 3.72. The Kier molecular flexibility index (Phi) is 4.19. The summed E-state index contributed by atoms with van der Waals surface area (Å²) in [6, 6.07) is 6.60. The lowest BCUT2D eigenvalue weighted by molar-refractivity contribution is 0.0735. The third-order valence-electron chi connectivity index (χ3n) is 3.72. The molecule has 0 bridgehead atoms. The van der Waals surface area contributed by atoms with Crippen LogP contribution in [0.15, 0.2) is 52.2 Å². The largest absolute Gasteiger partial charge is 0.364 e. The summed E-state index contributed by atoms with van der Waals surface area (Å²) in [6.07, 6.45) is 4.29.